The van der Waals surface area contributed by atoms with Crippen molar-refractivity contribution in [3.05, 3.63) is 154 Å². The van der Waals surface area contributed by atoms with Crippen LogP contribution in [0.25, 0.3) is 0 Å². The van der Waals surface area contributed by atoms with Crippen LogP contribution in [0.5, 0.6) is 0 Å². The molecule has 6 unspecified atom stereocenters. The van der Waals surface area contributed by atoms with Crippen LogP contribution in [0.4, 0.5) is 22.9 Å². The fraction of sp³-hybridized carbons (Fsp3) is 0.446. The zero-order chi connectivity index (χ0) is 61.9. The van der Waals surface area contributed by atoms with E-state index in [0.717, 1.165) is 108 Å². The molecule has 6 aromatic rings. The van der Waals surface area contributed by atoms with Gasteiger partial charge < -0.3 is 41.9 Å². The number of hydrogen-bond donors (Lipinski definition) is 6. The van der Waals surface area contributed by atoms with Crippen LogP contribution in [0.15, 0.2) is 91.8 Å². The van der Waals surface area contributed by atoms with Gasteiger partial charge in [-0.15, -0.1) is 0 Å². The molecule has 7 N–H and O–H groups in total. The summed E-state index contributed by atoms with van der Waals surface area (Å²) >= 11 is 0. The summed E-state index contributed by atoms with van der Waals surface area (Å²) in [5.41, 5.74) is 18.0. The predicted octanol–water partition coefficient (Wildman–Crippen LogP) is 9.89. The summed E-state index contributed by atoms with van der Waals surface area (Å²) in [5, 5.41) is 19.5. The highest BCUT2D eigenvalue weighted by Crippen LogP contribution is 2.35. The molecule has 20 heteroatoms. The summed E-state index contributed by atoms with van der Waals surface area (Å²) in [7, 11) is 0. The molecule has 0 radical (unpaired) electrons. The van der Waals surface area contributed by atoms with Gasteiger partial charge in [0.15, 0.2) is 0 Å². The van der Waals surface area contributed by atoms with Crippen LogP contribution < -0.4 is 27.0 Å². The van der Waals surface area contributed by atoms with E-state index in [2.05, 4.69) is 105 Å². The van der Waals surface area contributed by atoms with E-state index < -0.39 is 35.5 Å². The van der Waals surface area contributed by atoms with Crippen molar-refractivity contribution in [2.45, 2.75) is 152 Å². The SMILES string of the molecule is CCc1ccc(C2CCC(C)CN2)cn1.CCc1ccc(C2CCC(C)CN2C(=O)C(=O)Nc2cnc(C)c(C)c2)cn1.CCc1ccc(C2CCC(C)CN2C(=O)C(=O)Nc2cnc(N)c(C)c2)cn1.Cc1cc(NC(=O)C(=O)O)cnc1C. The molecule has 6 aromatic heterocycles. The van der Waals surface area contributed by atoms with Crippen LogP contribution in [0.2, 0.25) is 0 Å². The number of carbonyl (C=O) groups is 6. The third-order valence-electron chi connectivity index (χ3n) is 15.8. The molecule has 0 spiro atoms. The van der Waals surface area contributed by atoms with E-state index in [1.807, 2.05) is 76.6 Å². The van der Waals surface area contributed by atoms with Crippen LogP contribution in [0.1, 0.15) is 160 Å². The number of carbonyl (C=O) groups excluding carboxylic acids is 5. The number of carboxylic acid groups (broad SMARTS) is 1. The molecule has 6 atom stereocenters. The average Bonchev–Trinajstić information content (AvgIpc) is 3.70. The Kier molecular flexibility index (Phi) is 24.2. The van der Waals surface area contributed by atoms with Crippen LogP contribution in [-0.2, 0) is 48.0 Å². The van der Waals surface area contributed by atoms with Gasteiger partial charge in [-0.3, -0.25) is 48.9 Å². The normalized spacial score (nSPS) is 19.0. The first-order chi connectivity index (χ1) is 40.6. The highest BCUT2D eigenvalue weighted by atomic mass is 16.4. The molecule has 0 bridgehead atoms. The van der Waals surface area contributed by atoms with E-state index in [1.54, 1.807) is 35.1 Å². The number of nitrogens with zero attached hydrogens (tertiary/aromatic N) is 8. The Hall–Kier alpha value is -8.52. The maximum atomic E-state index is 13.0. The van der Waals surface area contributed by atoms with Crippen molar-refractivity contribution < 1.29 is 33.9 Å². The zero-order valence-electron chi connectivity index (χ0n) is 51.2. The Bertz CT molecular complexity index is 3100. The minimum atomic E-state index is -1.51. The van der Waals surface area contributed by atoms with Gasteiger partial charge in [-0.05, 0) is 186 Å². The average molecular weight is 1160 g/mol. The minimum Gasteiger partial charge on any atom is -0.474 e. The van der Waals surface area contributed by atoms with E-state index in [4.69, 9.17) is 10.8 Å². The number of anilines is 4. The van der Waals surface area contributed by atoms with E-state index in [9.17, 15) is 28.8 Å². The third kappa shape index (κ3) is 19.0. The second-order valence-corrected chi connectivity index (χ2v) is 22.6. The molecule has 452 valence electrons. The Morgan fingerprint density at radius 3 is 1.25 bits per heavy atom. The number of aliphatic carboxylic acids is 1. The molecule has 0 aliphatic carbocycles. The maximum Gasteiger partial charge on any atom is 0.394 e. The van der Waals surface area contributed by atoms with Crippen LogP contribution >= 0.6 is 0 Å². The molecule has 0 saturated carbocycles. The lowest BCUT2D eigenvalue weighted by atomic mass is 9.90. The van der Waals surface area contributed by atoms with Crippen molar-refractivity contribution in [1.82, 2.24) is 45.0 Å². The van der Waals surface area contributed by atoms with Crippen molar-refractivity contribution in [1.29, 1.82) is 0 Å². The Morgan fingerprint density at radius 2 is 0.894 bits per heavy atom. The summed E-state index contributed by atoms with van der Waals surface area (Å²) in [6, 6.07) is 17.9. The first-order valence-electron chi connectivity index (χ1n) is 29.5. The van der Waals surface area contributed by atoms with Gasteiger partial charge in [0.25, 0.3) is 0 Å². The molecule has 0 aromatic carbocycles. The topological polar surface area (TPSA) is 281 Å². The molecule has 3 aliphatic heterocycles. The van der Waals surface area contributed by atoms with Gasteiger partial charge in [-0.25, -0.2) is 9.78 Å². The second-order valence-electron chi connectivity index (χ2n) is 22.6. The quantitative estimate of drug-likeness (QED) is 0.0735. The van der Waals surface area contributed by atoms with Crippen LogP contribution in [0.3, 0.4) is 0 Å². The lowest BCUT2D eigenvalue weighted by molar-refractivity contribution is -0.147. The highest BCUT2D eigenvalue weighted by Gasteiger charge is 2.36. The largest absolute Gasteiger partial charge is 0.474 e. The molecule has 3 fully saturated rings. The van der Waals surface area contributed by atoms with Crippen molar-refractivity contribution in [3.8, 4) is 0 Å². The van der Waals surface area contributed by atoms with E-state index in [-0.39, 0.29) is 12.1 Å². The number of aryl methyl sites for hydroxylation is 8. The highest BCUT2D eigenvalue weighted by molar-refractivity contribution is 6.40. The molecule has 9 heterocycles. The second kappa shape index (κ2) is 31.4. The third-order valence-corrected chi connectivity index (χ3v) is 15.8. The Balaban J connectivity index is 0.000000190. The fourth-order valence-corrected chi connectivity index (χ4v) is 10.2. The van der Waals surface area contributed by atoms with Gasteiger partial charge in [-0.2, -0.15) is 0 Å². The van der Waals surface area contributed by atoms with Gasteiger partial charge >= 0.3 is 35.5 Å². The predicted molar refractivity (Wildman–Crippen MR) is 330 cm³/mol. The summed E-state index contributed by atoms with van der Waals surface area (Å²) in [5.74, 6) is -2.97. The van der Waals surface area contributed by atoms with Gasteiger partial charge in [0.05, 0.1) is 47.7 Å². The zero-order valence-corrected chi connectivity index (χ0v) is 51.2. The number of pyridine rings is 6. The number of rotatable bonds is 9. The van der Waals surface area contributed by atoms with Crippen molar-refractivity contribution in [3.63, 3.8) is 0 Å². The van der Waals surface area contributed by atoms with Crippen LogP contribution in [-0.4, -0.2) is 99.9 Å². The Morgan fingerprint density at radius 1 is 0.506 bits per heavy atom. The fourth-order valence-electron chi connectivity index (χ4n) is 10.2. The smallest absolute Gasteiger partial charge is 0.394 e. The number of amides is 5. The van der Waals surface area contributed by atoms with Gasteiger partial charge in [0, 0.05) is 66.2 Å². The molecule has 20 nitrogen and oxygen atoms in total. The lowest BCUT2D eigenvalue weighted by Crippen LogP contribution is -2.46. The van der Waals surface area contributed by atoms with Crippen LogP contribution in [0, 0.1) is 52.4 Å². The number of hydrogen-bond acceptors (Lipinski definition) is 14. The maximum absolute atomic E-state index is 13.0. The van der Waals surface area contributed by atoms with E-state index in [1.165, 1.54) is 36.5 Å². The molecule has 3 aliphatic rings. The molecule has 3 saturated heterocycles. The molecule has 9 rings (SSSR count). The van der Waals surface area contributed by atoms with Gasteiger partial charge in [-0.1, -0.05) is 59.7 Å². The van der Waals surface area contributed by atoms with Crippen molar-refractivity contribution in [2.24, 2.45) is 17.8 Å². The number of nitrogens with one attached hydrogen (secondary N) is 4. The number of carboxylic acids is 1. The number of nitrogen functional groups attached to an aromatic ring is 1. The van der Waals surface area contributed by atoms with E-state index in [0.29, 0.717) is 53.8 Å². The summed E-state index contributed by atoms with van der Waals surface area (Å²) < 4.78 is 0. The molecule has 85 heavy (non-hydrogen) atoms. The Labute approximate surface area is 500 Å². The lowest BCUT2D eigenvalue weighted by Gasteiger charge is -2.38. The number of likely N-dealkylation sites (tertiary alicyclic amines) is 2. The summed E-state index contributed by atoms with van der Waals surface area (Å²) in [4.78, 5) is 101. The number of piperidine rings is 3. The van der Waals surface area contributed by atoms with Gasteiger partial charge in [0.1, 0.15) is 5.82 Å². The summed E-state index contributed by atoms with van der Waals surface area (Å²) in [6.45, 7) is 24.3. The van der Waals surface area contributed by atoms with Crippen molar-refractivity contribution >= 4 is 58.4 Å². The monoisotopic (exact) mass is 1160 g/mol. The minimum absolute atomic E-state index is 0.120. The van der Waals surface area contributed by atoms with Gasteiger partial charge in [0.2, 0.25) is 0 Å². The first-order valence-corrected chi connectivity index (χ1v) is 29.5. The first kappa shape index (κ1) is 65.6. The number of nitrogens with two attached hydrogens (primary N) is 1. The van der Waals surface area contributed by atoms with Crippen molar-refractivity contribution in [2.75, 3.05) is 41.3 Å². The number of aromatic nitrogens is 6. The standard InChI is InChI=1S/C22H28N4O2.C21H27N5O2.C13H20N2.C9H10N2O3/c1-5-18-8-7-17(11-24-18)20-9-6-14(2)13-26(20)22(28)21(27)25-19-10-15(3)16(4)23-12-19;1-4-16-7-6-15(10-23-16)18-8-5-13(2)12-26(18)21(28)20(27)25-17-9-14(3)19(22)24-11-17;1-3-12-6-5-11(9-14-12)13-7-4-10(2)8-15-13;1-5-3-7(4-10-6(5)2)11-8(12)9(13)14/h7-8,10-12,14,20H,5-6,9,13H2,1-4H3,(H,25,27);6-7,9-11,13,18H,4-5,8,12H2,1-3H3,(H2,22,24)(H,25,27);5-6,9-10,13,15H,3-4,7-8H2,1-2H3;3-4H,1-2H3,(H,11,12)(H,13,14). The summed E-state index contributed by atoms with van der Waals surface area (Å²) in [6.07, 6.45) is 19.2. The molecular formula is C65H85N13O7. The molecule has 5 amide bonds. The van der Waals surface area contributed by atoms with E-state index >= 15 is 0 Å². The molecular weight excluding hydrogens is 1070 g/mol.